The number of nitrogens with zero attached hydrogens (tertiary/aromatic N) is 2. The number of piperidine rings is 1. The fourth-order valence-electron chi connectivity index (χ4n) is 4.03. The molecule has 3 rings (SSSR count). The Morgan fingerprint density at radius 2 is 2.00 bits per heavy atom. The van der Waals surface area contributed by atoms with Crippen molar-refractivity contribution in [1.29, 1.82) is 0 Å². The molecule has 1 aromatic heterocycles. The summed E-state index contributed by atoms with van der Waals surface area (Å²) < 4.78 is 0. The summed E-state index contributed by atoms with van der Waals surface area (Å²) in [4.78, 5) is 17.3. The summed E-state index contributed by atoms with van der Waals surface area (Å²) in [5.74, 6) is 0.330. The highest BCUT2D eigenvalue weighted by atomic mass is 32.1. The normalized spacial score (nSPS) is 30.8. The molecule has 4 heteroatoms. The van der Waals surface area contributed by atoms with Crippen LogP contribution in [0.1, 0.15) is 57.6 Å². The zero-order valence-electron chi connectivity index (χ0n) is 13.1. The smallest absolute Gasteiger partial charge is 0.237 e. The minimum absolute atomic E-state index is 0.330. The van der Waals surface area contributed by atoms with Crippen LogP contribution in [-0.2, 0) is 4.79 Å². The van der Waals surface area contributed by atoms with Gasteiger partial charge < -0.3 is 4.90 Å². The highest BCUT2D eigenvalue weighted by Gasteiger charge is 2.33. The summed E-state index contributed by atoms with van der Waals surface area (Å²) in [5, 5.41) is 4.38. The Balaban J connectivity index is 1.66. The number of carbonyl (C=O) groups excluding carboxylic acids is 1. The number of likely N-dealkylation sites (tertiary alicyclic amines) is 2. The van der Waals surface area contributed by atoms with Crippen LogP contribution in [0.4, 0.5) is 0 Å². The molecule has 116 valence electrons. The number of amides is 1. The van der Waals surface area contributed by atoms with Crippen LogP contribution in [0, 0.1) is 0 Å². The molecule has 1 aromatic rings. The second kappa shape index (κ2) is 6.49. The predicted octanol–water partition coefficient (Wildman–Crippen LogP) is 3.67. The second-order valence-electron chi connectivity index (χ2n) is 6.62. The molecule has 0 spiro atoms. The number of carbonyl (C=O) groups is 1. The third kappa shape index (κ3) is 3.16. The van der Waals surface area contributed by atoms with Gasteiger partial charge in [0.25, 0.3) is 0 Å². The van der Waals surface area contributed by atoms with Crippen LogP contribution in [0.3, 0.4) is 0 Å². The molecule has 2 aliphatic heterocycles. The van der Waals surface area contributed by atoms with Crippen LogP contribution in [0.5, 0.6) is 0 Å². The number of rotatable bonds is 3. The van der Waals surface area contributed by atoms with Crippen LogP contribution in [-0.4, -0.2) is 40.9 Å². The first-order valence-corrected chi connectivity index (χ1v) is 9.18. The van der Waals surface area contributed by atoms with Crippen molar-refractivity contribution in [3.05, 3.63) is 22.4 Å². The summed E-state index contributed by atoms with van der Waals surface area (Å²) in [5.41, 5.74) is 1.39. The molecule has 0 aromatic carbocycles. The Morgan fingerprint density at radius 1 is 1.24 bits per heavy atom. The molecule has 21 heavy (non-hydrogen) atoms. The SMILES string of the molecule is C[C@@H]1CCC[C@@H](C)N1C(=O)CN1CCC[C@@H]1c1ccsc1. The van der Waals surface area contributed by atoms with Crippen LogP contribution in [0.2, 0.25) is 0 Å². The van der Waals surface area contributed by atoms with E-state index in [9.17, 15) is 4.79 Å². The topological polar surface area (TPSA) is 23.6 Å². The third-order valence-corrected chi connectivity index (χ3v) is 5.81. The highest BCUT2D eigenvalue weighted by molar-refractivity contribution is 7.07. The van der Waals surface area contributed by atoms with Gasteiger partial charge in [-0.3, -0.25) is 9.69 Å². The third-order valence-electron chi connectivity index (χ3n) is 5.11. The first kappa shape index (κ1) is 15.0. The van der Waals surface area contributed by atoms with E-state index in [-0.39, 0.29) is 0 Å². The van der Waals surface area contributed by atoms with Gasteiger partial charge >= 0.3 is 0 Å². The zero-order chi connectivity index (χ0) is 14.8. The molecular weight excluding hydrogens is 280 g/mol. The van der Waals surface area contributed by atoms with Gasteiger partial charge in [0.15, 0.2) is 0 Å². The summed E-state index contributed by atoms with van der Waals surface area (Å²) >= 11 is 1.75. The molecule has 3 heterocycles. The van der Waals surface area contributed by atoms with Gasteiger partial charge in [0, 0.05) is 18.1 Å². The van der Waals surface area contributed by atoms with Crippen molar-refractivity contribution in [2.24, 2.45) is 0 Å². The lowest BCUT2D eigenvalue weighted by Crippen LogP contribution is -2.51. The molecule has 0 saturated carbocycles. The van der Waals surface area contributed by atoms with Crippen LogP contribution in [0.25, 0.3) is 0 Å². The first-order valence-electron chi connectivity index (χ1n) is 8.24. The van der Waals surface area contributed by atoms with E-state index in [1.54, 1.807) is 11.3 Å². The first-order chi connectivity index (χ1) is 10.2. The molecule has 0 unspecified atom stereocenters. The number of hydrogen-bond acceptors (Lipinski definition) is 3. The number of thiophene rings is 1. The Bertz CT molecular complexity index is 463. The van der Waals surface area contributed by atoms with Gasteiger partial charge in [0.2, 0.25) is 5.91 Å². The summed E-state index contributed by atoms with van der Waals surface area (Å²) in [6.07, 6.45) is 5.97. The average Bonchev–Trinajstić information content (AvgIpc) is 3.08. The molecule has 2 aliphatic rings. The van der Waals surface area contributed by atoms with E-state index in [2.05, 4.69) is 40.5 Å². The fraction of sp³-hybridized carbons (Fsp3) is 0.706. The maximum absolute atomic E-state index is 12.8. The minimum Gasteiger partial charge on any atom is -0.336 e. The summed E-state index contributed by atoms with van der Waals surface area (Å²) in [7, 11) is 0. The summed E-state index contributed by atoms with van der Waals surface area (Å²) in [6.45, 7) is 6.06. The molecule has 0 radical (unpaired) electrons. The van der Waals surface area contributed by atoms with Crippen molar-refractivity contribution in [2.75, 3.05) is 13.1 Å². The fourth-order valence-corrected chi connectivity index (χ4v) is 4.73. The molecule has 2 saturated heterocycles. The van der Waals surface area contributed by atoms with Crippen molar-refractivity contribution in [3.8, 4) is 0 Å². The van der Waals surface area contributed by atoms with Gasteiger partial charge in [0.1, 0.15) is 0 Å². The standard InChI is InChI=1S/C17H26N2OS/c1-13-5-3-6-14(2)19(13)17(20)11-18-9-4-7-16(18)15-8-10-21-12-15/h8,10,12-14,16H,3-7,9,11H2,1-2H3/t13-,14-,16-/m1/s1. The maximum atomic E-state index is 12.8. The van der Waals surface area contributed by atoms with Gasteiger partial charge in [0.05, 0.1) is 6.54 Å². The van der Waals surface area contributed by atoms with Crippen LogP contribution in [0.15, 0.2) is 16.8 Å². The lowest BCUT2D eigenvalue weighted by Gasteiger charge is -2.40. The van der Waals surface area contributed by atoms with E-state index in [0.717, 1.165) is 19.4 Å². The Morgan fingerprint density at radius 3 is 2.67 bits per heavy atom. The van der Waals surface area contributed by atoms with Crippen LogP contribution >= 0.6 is 11.3 Å². The van der Waals surface area contributed by atoms with E-state index in [1.807, 2.05) is 0 Å². The monoisotopic (exact) mass is 306 g/mol. The average molecular weight is 306 g/mol. The largest absolute Gasteiger partial charge is 0.336 e. The van der Waals surface area contributed by atoms with Gasteiger partial charge in [-0.2, -0.15) is 11.3 Å². The van der Waals surface area contributed by atoms with E-state index in [4.69, 9.17) is 0 Å². The van der Waals surface area contributed by atoms with Gasteiger partial charge in [-0.15, -0.1) is 0 Å². The molecule has 3 atom stereocenters. The van der Waals surface area contributed by atoms with Gasteiger partial charge in [-0.25, -0.2) is 0 Å². The Hall–Kier alpha value is -0.870. The second-order valence-corrected chi connectivity index (χ2v) is 7.40. The Kier molecular flexibility index (Phi) is 4.65. The molecule has 0 bridgehead atoms. The van der Waals surface area contributed by atoms with Crippen molar-refractivity contribution >= 4 is 17.2 Å². The van der Waals surface area contributed by atoms with Crippen molar-refractivity contribution in [1.82, 2.24) is 9.80 Å². The maximum Gasteiger partial charge on any atom is 0.237 e. The molecule has 1 amide bonds. The zero-order valence-corrected chi connectivity index (χ0v) is 13.9. The number of hydrogen-bond donors (Lipinski definition) is 0. The minimum atomic E-state index is 0.330. The Labute approximate surface area is 131 Å². The highest BCUT2D eigenvalue weighted by Crippen LogP contribution is 2.33. The molecule has 3 nitrogen and oxygen atoms in total. The van der Waals surface area contributed by atoms with Crippen molar-refractivity contribution < 1.29 is 4.79 Å². The molecular formula is C17H26N2OS. The molecule has 0 aliphatic carbocycles. The van der Waals surface area contributed by atoms with E-state index >= 15 is 0 Å². The molecule has 0 N–H and O–H groups in total. The lowest BCUT2D eigenvalue weighted by molar-refractivity contribution is -0.138. The quantitative estimate of drug-likeness (QED) is 0.850. The van der Waals surface area contributed by atoms with E-state index < -0.39 is 0 Å². The van der Waals surface area contributed by atoms with Gasteiger partial charge in [-0.1, -0.05) is 0 Å². The van der Waals surface area contributed by atoms with E-state index in [0.29, 0.717) is 30.6 Å². The van der Waals surface area contributed by atoms with Crippen molar-refractivity contribution in [3.63, 3.8) is 0 Å². The van der Waals surface area contributed by atoms with Crippen LogP contribution < -0.4 is 0 Å². The predicted molar refractivity (Wildman–Crippen MR) is 87.5 cm³/mol. The van der Waals surface area contributed by atoms with Gasteiger partial charge in [-0.05, 0) is 74.9 Å². The molecule has 2 fully saturated rings. The van der Waals surface area contributed by atoms with E-state index in [1.165, 1.54) is 24.8 Å². The van der Waals surface area contributed by atoms with Crippen molar-refractivity contribution in [2.45, 2.75) is 64.1 Å². The lowest BCUT2D eigenvalue weighted by atomic mass is 9.97. The summed E-state index contributed by atoms with van der Waals surface area (Å²) in [6, 6.07) is 3.48.